The molecule has 1 aromatic heterocycles. The van der Waals surface area contributed by atoms with Crippen LogP contribution in [-0.4, -0.2) is 10.9 Å². The average Bonchev–Trinajstić information content (AvgIpc) is 3.19. The van der Waals surface area contributed by atoms with E-state index in [1.54, 1.807) is 4.90 Å². The summed E-state index contributed by atoms with van der Waals surface area (Å²) in [6.07, 6.45) is 1.15. The average molecular weight is 421 g/mol. The monoisotopic (exact) mass is 420 g/mol. The van der Waals surface area contributed by atoms with Gasteiger partial charge in [-0.1, -0.05) is 83.6 Å². The van der Waals surface area contributed by atoms with Crippen molar-refractivity contribution in [2.75, 3.05) is 4.90 Å². The van der Waals surface area contributed by atoms with Gasteiger partial charge >= 0.3 is 0 Å². The smallest absolute Gasteiger partial charge is 0.229 e. The minimum atomic E-state index is 0.0699. The van der Waals surface area contributed by atoms with Crippen molar-refractivity contribution in [2.24, 2.45) is 0 Å². The Morgan fingerprint density at radius 2 is 1.62 bits per heavy atom. The molecule has 0 N–H and O–H groups in total. The van der Waals surface area contributed by atoms with Crippen molar-refractivity contribution in [3.05, 3.63) is 94.5 Å². The van der Waals surface area contributed by atoms with E-state index >= 15 is 0 Å². The van der Waals surface area contributed by atoms with E-state index < -0.39 is 0 Å². The number of anilines is 1. The van der Waals surface area contributed by atoms with Crippen molar-refractivity contribution in [1.82, 2.24) is 4.98 Å². The minimum Gasteiger partial charge on any atom is -0.284 e. The Morgan fingerprint density at radius 3 is 2.31 bits per heavy atom. The zero-order valence-electron chi connectivity index (χ0n) is 16.1. The van der Waals surface area contributed by atoms with Crippen LogP contribution in [0.1, 0.15) is 23.1 Å². The molecule has 0 aliphatic heterocycles. The first-order chi connectivity index (χ1) is 14.1. The van der Waals surface area contributed by atoms with Gasteiger partial charge in [0, 0.05) is 11.4 Å². The summed E-state index contributed by atoms with van der Waals surface area (Å²) in [6, 6.07) is 24.0. The predicted octanol–water partition coefficient (Wildman–Crippen LogP) is 6.42. The molecule has 0 spiro atoms. The molecule has 0 radical (unpaired) electrons. The second-order valence-corrected chi connectivity index (χ2v) is 8.38. The highest BCUT2D eigenvalue weighted by molar-refractivity contribution is 7.22. The van der Waals surface area contributed by atoms with Gasteiger partial charge in [0.05, 0.1) is 16.8 Å². The van der Waals surface area contributed by atoms with Crippen LogP contribution in [-0.2, 0) is 17.8 Å². The predicted molar refractivity (Wildman–Crippen MR) is 122 cm³/mol. The molecule has 0 atom stereocenters. The maximum atomic E-state index is 13.2. The highest BCUT2D eigenvalue weighted by Gasteiger charge is 2.21. The van der Waals surface area contributed by atoms with Crippen LogP contribution in [0.25, 0.3) is 10.2 Å². The quantitative estimate of drug-likeness (QED) is 0.360. The lowest BCUT2D eigenvalue weighted by atomic mass is 10.1. The van der Waals surface area contributed by atoms with E-state index in [0.717, 1.165) is 26.9 Å². The molecule has 0 bridgehead atoms. The third-order valence-corrected chi connectivity index (χ3v) is 6.38. The third kappa shape index (κ3) is 4.50. The molecule has 0 unspecified atom stereocenters. The van der Waals surface area contributed by atoms with E-state index in [1.807, 2.05) is 67.6 Å². The zero-order valence-corrected chi connectivity index (χ0v) is 17.7. The van der Waals surface area contributed by atoms with Crippen molar-refractivity contribution in [3.63, 3.8) is 0 Å². The number of hydrogen-bond acceptors (Lipinski definition) is 3. The Morgan fingerprint density at radius 1 is 0.966 bits per heavy atom. The summed E-state index contributed by atoms with van der Waals surface area (Å²) in [5, 5.41) is 1.41. The standard InChI is InChI=1S/C24H21ClN2OS/c1-17-20(25)13-14-21-23(17)26-24(29-21)27(16-19-10-6-3-7-11-19)22(28)15-12-18-8-4-2-5-9-18/h2-11,13-14H,12,15-16H2,1H3. The van der Waals surface area contributed by atoms with Crippen LogP contribution < -0.4 is 4.90 Å². The number of amides is 1. The fraction of sp³-hybridized carbons (Fsp3) is 0.167. The Kier molecular flexibility index (Phi) is 5.93. The van der Waals surface area contributed by atoms with Gasteiger partial charge < -0.3 is 0 Å². The van der Waals surface area contributed by atoms with Gasteiger partial charge in [0.1, 0.15) is 0 Å². The van der Waals surface area contributed by atoms with Gasteiger partial charge in [-0.05, 0) is 42.2 Å². The molecule has 0 saturated heterocycles. The van der Waals surface area contributed by atoms with Crippen LogP contribution >= 0.6 is 22.9 Å². The summed E-state index contributed by atoms with van der Waals surface area (Å²) < 4.78 is 1.04. The van der Waals surface area contributed by atoms with E-state index in [-0.39, 0.29) is 5.91 Å². The number of rotatable bonds is 6. The Bertz CT molecular complexity index is 1130. The van der Waals surface area contributed by atoms with Gasteiger partial charge in [-0.2, -0.15) is 0 Å². The van der Waals surface area contributed by atoms with E-state index in [1.165, 1.54) is 11.3 Å². The molecule has 0 aliphatic carbocycles. The first-order valence-corrected chi connectivity index (χ1v) is 10.7. The van der Waals surface area contributed by atoms with Crippen LogP contribution in [0.5, 0.6) is 0 Å². The number of carbonyl (C=O) groups is 1. The van der Waals surface area contributed by atoms with Gasteiger partial charge in [0.25, 0.3) is 0 Å². The van der Waals surface area contributed by atoms with Gasteiger partial charge in [-0.3, -0.25) is 9.69 Å². The highest BCUT2D eigenvalue weighted by Crippen LogP contribution is 2.34. The summed E-state index contributed by atoms with van der Waals surface area (Å²) in [7, 11) is 0. The number of halogens is 1. The summed E-state index contributed by atoms with van der Waals surface area (Å²) in [4.78, 5) is 19.8. The topological polar surface area (TPSA) is 33.2 Å². The van der Waals surface area contributed by atoms with Crippen LogP contribution in [0.3, 0.4) is 0 Å². The third-order valence-electron chi connectivity index (χ3n) is 4.92. The number of benzene rings is 3. The lowest BCUT2D eigenvalue weighted by molar-refractivity contribution is -0.118. The van der Waals surface area contributed by atoms with Gasteiger partial charge in [-0.25, -0.2) is 4.98 Å². The fourth-order valence-electron chi connectivity index (χ4n) is 3.26. The number of fused-ring (bicyclic) bond motifs is 1. The molecule has 3 aromatic carbocycles. The maximum absolute atomic E-state index is 13.2. The lowest BCUT2D eigenvalue weighted by Crippen LogP contribution is -2.30. The molecule has 29 heavy (non-hydrogen) atoms. The maximum Gasteiger partial charge on any atom is 0.229 e. The van der Waals surface area contributed by atoms with Crippen LogP contribution in [0.2, 0.25) is 5.02 Å². The molecule has 0 saturated carbocycles. The van der Waals surface area contributed by atoms with Crippen molar-refractivity contribution < 1.29 is 4.79 Å². The Balaban J connectivity index is 1.64. The van der Waals surface area contributed by atoms with E-state index in [4.69, 9.17) is 16.6 Å². The first-order valence-electron chi connectivity index (χ1n) is 9.55. The minimum absolute atomic E-state index is 0.0699. The molecule has 1 amide bonds. The number of hydrogen-bond donors (Lipinski definition) is 0. The second-order valence-electron chi connectivity index (χ2n) is 6.97. The molecule has 5 heteroatoms. The largest absolute Gasteiger partial charge is 0.284 e. The van der Waals surface area contributed by atoms with Gasteiger partial charge in [-0.15, -0.1) is 0 Å². The summed E-state index contributed by atoms with van der Waals surface area (Å²) in [6.45, 7) is 2.47. The molecule has 4 rings (SSSR count). The number of thiazole rings is 1. The van der Waals surface area contributed by atoms with Crippen molar-refractivity contribution in [2.45, 2.75) is 26.3 Å². The molecular weight excluding hydrogens is 400 g/mol. The number of nitrogens with zero attached hydrogens (tertiary/aromatic N) is 2. The SMILES string of the molecule is Cc1c(Cl)ccc2sc(N(Cc3ccccc3)C(=O)CCc3ccccc3)nc12. The summed E-state index contributed by atoms with van der Waals surface area (Å²) in [5.74, 6) is 0.0699. The van der Waals surface area contributed by atoms with E-state index in [0.29, 0.717) is 29.5 Å². The molecular formula is C24H21ClN2OS. The lowest BCUT2D eigenvalue weighted by Gasteiger charge is -2.20. The molecule has 0 aliphatic rings. The zero-order chi connectivity index (χ0) is 20.2. The second kappa shape index (κ2) is 8.76. The fourth-order valence-corrected chi connectivity index (χ4v) is 4.46. The Labute approximate surface area is 179 Å². The van der Waals surface area contributed by atoms with Crippen LogP contribution in [0.4, 0.5) is 5.13 Å². The van der Waals surface area contributed by atoms with Gasteiger partial charge in [0.15, 0.2) is 5.13 Å². The van der Waals surface area contributed by atoms with Crippen LogP contribution in [0, 0.1) is 6.92 Å². The van der Waals surface area contributed by atoms with Crippen molar-refractivity contribution >= 4 is 44.2 Å². The van der Waals surface area contributed by atoms with Crippen molar-refractivity contribution in [3.8, 4) is 0 Å². The number of aromatic nitrogens is 1. The van der Waals surface area contributed by atoms with E-state index in [9.17, 15) is 4.79 Å². The van der Waals surface area contributed by atoms with Crippen molar-refractivity contribution in [1.29, 1.82) is 0 Å². The number of carbonyl (C=O) groups excluding carboxylic acids is 1. The molecule has 0 fully saturated rings. The molecule has 3 nitrogen and oxygen atoms in total. The first kappa shape index (κ1) is 19.6. The van der Waals surface area contributed by atoms with Gasteiger partial charge in [0.2, 0.25) is 5.91 Å². The molecule has 1 heterocycles. The van der Waals surface area contributed by atoms with E-state index in [2.05, 4.69) is 12.1 Å². The Hall–Kier alpha value is -2.69. The molecule has 146 valence electrons. The highest BCUT2D eigenvalue weighted by atomic mass is 35.5. The number of aryl methyl sites for hydroxylation is 2. The molecule has 4 aromatic rings. The van der Waals surface area contributed by atoms with Crippen LogP contribution in [0.15, 0.2) is 72.8 Å². The summed E-state index contributed by atoms with van der Waals surface area (Å²) in [5.41, 5.74) is 4.05. The normalized spacial score (nSPS) is 11.0. The summed E-state index contributed by atoms with van der Waals surface area (Å²) >= 11 is 7.80.